The van der Waals surface area contributed by atoms with Crippen LogP contribution in [0.1, 0.15) is 33.6 Å². The molecule has 2 aromatic rings. The summed E-state index contributed by atoms with van der Waals surface area (Å²) in [6.45, 7) is 5.76. The average molecular weight is 362 g/mol. The largest absolute Gasteiger partial charge is 0.444 e. The molecule has 2 rings (SSSR count). The molecule has 0 saturated heterocycles. The maximum Gasteiger partial charge on any atom is 0.407 e. The quantitative estimate of drug-likeness (QED) is 0.768. The first-order valence-corrected chi connectivity index (χ1v) is 8.81. The number of rotatable bonds is 6. The third-order valence-electron chi connectivity index (χ3n) is 2.94. The number of anilines is 1. The molecule has 7 nitrogen and oxygen atoms in total. The molecular formula is C17H22N4O3S. The molecule has 0 aliphatic carbocycles. The molecule has 134 valence electrons. The molecule has 0 bridgehead atoms. The van der Waals surface area contributed by atoms with Crippen LogP contribution in [0, 0.1) is 0 Å². The molecule has 0 aliphatic heterocycles. The van der Waals surface area contributed by atoms with Crippen LogP contribution in [-0.4, -0.2) is 34.3 Å². The molecule has 0 fully saturated rings. The van der Waals surface area contributed by atoms with Gasteiger partial charge in [-0.2, -0.15) is 0 Å². The molecule has 0 atom stereocenters. The molecule has 1 aromatic carbocycles. The smallest absolute Gasteiger partial charge is 0.407 e. The summed E-state index contributed by atoms with van der Waals surface area (Å²) in [4.78, 5) is 23.4. The van der Waals surface area contributed by atoms with Crippen molar-refractivity contribution >= 4 is 28.5 Å². The Kier molecular flexibility index (Phi) is 6.46. The van der Waals surface area contributed by atoms with Crippen molar-refractivity contribution in [1.29, 1.82) is 0 Å². The maximum absolute atomic E-state index is 11.9. The van der Waals surface area contributed by atoms with Crippen LogP contribution >= 0.6 is 11.3 Å². The van der Waals surface area contributed by atoms with Crippen LogP contribution in [0.3, 0.4) is 0 Å². The number of ether oxygens (including phenoxy) is 1. The lowest BCUT2D eigenvalue weighted by Gasteiger charge is -2.19. The van der Waals surface area contributed by atoms with E-state index in [1.807, 2.05) is 30.3 Å². The van der Waals surface area contributed by atoms with Gasteiger partial charge in [0.2, 0.25) is 11.0 Å². The highest BCUT2D eigenvalue weighted by molar-refractivity contribution is 7.18. The Morgan fingerprint density at radius 3 is 2.56 bits per heavy atom. The summed E-state index contributed by atoms with van der Waals surface area (Å²) >= 11 is 1.32. The molecule has 0 spiro atoms. The van der Waals surface area contributed by atoms with Gasteiger partial charge in [0.1, 0.15) is 10.6 Å². The Morgan fingerprint density at radius 2 is 1.88 bits per heavy atom. The van der Waals surface area contributed by atoms with Crippen molar-refractivity contribution in [3.05, 3.63) is 30.3 Å². The third kappa shape index (κ3) is 6.88. The summed E-state index contributed by atoms with van der Waals surface area (Å²) in [5.41, 5.74) is 0.428. The van der Waals surface area contributed by atoms with E-state index in [0.29, 0.717) is 18.1 Å². The van der Waals surface area contributed by atoms with Gasteiger partial charge in [0.25, 0.3) is 0 Å². The SMILES string of the molecule is CC(C)(C)OC(=O)NCCCC(=O)Nc1nnc(-c2ccccc2)s1. The van der Waals surface area contributed by atoms with Crippen molar-refractivity contribution in [3.8, 4) is 10.6 Å². The van der Waals surface area contributed by atoms with Crippen LogP contribution in [0.5, 0.6) is 0 Å². The second-order valence-electron chi connectivity index (χ2n) is 6.36. The molecule has 0 aliphatic rings. The fourth-order valence-corrected chi connectivity index (χ4v) is 2.67. The van der Waals surface area contributed by atoms with E-state index in [9.17, 15) is 9.59 Å². The average Bonchev–Trinajstić information content (AvgIpc) is 2.99. The summed E-state index contributed by atoms with van der Waals surface area (Å²) in [5.74, 6) is -0.165. The molecule has 25 heavy (non-hydrogen) atoms. The number of alkyl carbamates (subject to hydrolysis) is 1. The molecule has 2 N–H and O–H groups in total. The van der Waals surface area contributed by atoms with Crippen LogP contribution in [0.15, 0.2) is 30.3 Å². The van der Waals surface area contributed by atoms with Crippen molar-refractivity contribution in [2.75, 3.05) is 11.9 Å². The number of nitrogens with zero attached hydrogens (tertiary/aromatic N) is 2. The zero-order valence-electron chi connectivity index (χ0n) is 14.5. The predicted octanol–water partition coefficient (Wildman–Crippen LogP) is 3.45. The molecule has 0 saturated carbocycles. The Bertz CT molecular complexity index is 710. The van der Waals surface area contributed by atoms with E-state index in [2.05, 4.69) is 20.8 Å². The van der Waals surface area contributed by atoms with E-state index >= 15 is 0 Å². The highest BCUT2D eigenvalue weighted by Crippen LogP contribution is 2.25. The van der Waals surface area contributed by atoms with E-state index in [1.54, 1.807) is 20.8 Å². The monoisotopic (exact) mass is 362 g/mol. The second kappa shape index (κ2) is 8.57. The molecular weight excluding hydrogens is 340 g/mol. The minimum Gasteiger partial charge on any atom is -0.444 e. The van der Waals surface area contributed by atoms with E-state index in [1.165, 1.54) is 11.3 Å². The summed E-state index contributed by atoms with van der Waals surface area (Å²) in [7, 11) is 0. The summed E-state index contributed by atoms with van der Waals surface area (Å²) < 4.78 is 5.12. The van der Waals surface area contributed by atoms with Crippen LogP contribution in [0.4, 0.5) is 9.93 Å². The number of aromatic nitrogens is 2. The number of carbonyl (C=O) groups is 2. The topological polar surface area (TPSA) is 93.2 Å². The van der Waals surface area contributed by atoms with Crippen molar-refractivity contribution in [2.45, 2.75) is 39.2 Å². The first-order valence-electron chi connectivity index (χ1n) is 7.99. The molecule has 0 unspecified atom stereocenters. The van der Waals surface area contributed by atoms with Gasteiger partial charge in [-0.25, -0.2) is 4.79 Å². The number of hydrogen-bond acceptors (Lipinski definition) is 6. The van der Waals surface area contributed by atoms with Crippen LogP contribution < -0.4 is 10.6 Å². The minimum absolute atomic E-state index is 0.165. The lowest BCUT2D eigenvalue weighted by molar-refractivity contribution is -0.116. The predicted molar refractivity (Wildman–Crippen MR) is 97.4 cm³/mol. The number of benzene rings is 1. The number of nitrogens with one attached hydrogen (secondary N) is 2. The zero-order valence-corrected chi connectivity index (χ0v) is 15.4. The number of carbonyl (C=O) groups excluding carboxylic acids is 2. The van der Waals surface area contributed by atoms with Gasteiger partial charge >= 0.3 is 6.09 Å². The number of amides is 2. The molecule has 0 radical (unpaired) electrons. The Hall–Kier alpha value is -2.48. The van der Waals surface area contributed by atoms with Crippen molar-refractivity contribution < 1.29 is 14.3 Å². The van der Waals surface area contributed by atoms with Gasteiger partial charge in [-0.05, 0) is 27.2 Å². The Balaban J connectivity index is 1.71. The van der Waals surface area contributed by atoms with Gasteiger partial charge in [-0.3, -0.25) is 4.79 Å². The maximum atomic E-state index is 11.9. The Morgan fingerprint density at radius 1 is 1.16 bits per heavy atom. The van der Waals surface area contributed by atoms with Crippen LogP contribution in [0.25, 0.3) is 10.6 Å². The fourth-order valence-electron chi connectivity index (χ4n) is 1.91. The van der Waals surface area contributed by atoms with Gasteiger partial charge < -0.3 is 15.4 Å². The zero-order chi connectivity index (χ0) is 18.3. The van der Waals surface area contributed by atoms with E-state index in [-0.39, 0.29) is 12.3 Å². The lowest BCUT2D eigenvalue weighted by Crippen LogP contribution is -2.33. The van der Waals surface area contributed by atoms with Crippen LogP contribution in [-0.2, 0) is 9.53 Å². The van der Waals surface area contributed by atoms with Gasteiger partial charge in [0.05, 0.1) is 0 Å². The summed E-state index contributed by atoms with van der Waals surface area (Å²) in [5, 5.41) is 14.6. The van der Waals surface area contributed by atoms with Gasteiger partial charge in [0, 0.05) is 18.5 Å². The van der Waals surface area contributed by atoms with E-state index < -0.39 is 11.7 Å². The van der Waals surface area contributed by atoms with Gasteiger partial charge in [-0.1, -0.05) is 41.7 Å². The highest BCUT2D eigenvalue weighted by Gasteiger charge is 2.15. The number of hydrogen-bond donors (Lipinski definition) is 2. The normalized spacial score (nSPS) is 11.0. The van der Waals surface area contributed by atoms with Crippen molar-refractivity contribution in [3.63, 3.8) is 0 Å². The van der Waals surface area contributed by atoms with Crippen molar-refractivity contribution in [1.82, 2.24) is 15.5 Å². The molecule has 1 heterocycles. The van der Waals surface area contributed by atoms with Crippen LogP contribution in [0.2, 0.25) is 0 Å². The first-order chi connectivity index (χ1) is 11.8. The Labute approximate surface area is 150 Å². The molecule has 1 aromatic heterocycles. The van der Waals surface area contributed by atoms with E-state index in [0.717, 1.165) is 10.6 Å². The molecule has 8 heteroatoms. The summed E-state index contributed by atoms with van der Waals surface area (Å²) in [6.07, 6.45) is 0.301. The summed E-state index contributed by atoms with van der Waals surface area (Å²) in [6, 6.07) is 9.65. The minimum atomic E-state index is -0.532. The lowest BCUT2D eigenvalue weighted by atomic mass is 10.2. The van der Waals surface area contributed by atoms with Gasteiger partial charge in [0.15, 0.2) is 0 Å². The first kappa shape index (κ1) is 18.9. The standard InChI is InChI=1S/C17H22N4O3S/c1-17(2,3)24-16(23)18-11-7-10-13(22)19-15-21-20-14(25-15)12-8-5-4-6-9-12/h4-6,8-9H,7,10-11H2,1-3H3,(H,18,23)(H,19,21,22). The molecule has 2 amide bonds. The van der Waals surface area contributed by atoms with Crippen molar-refractivity contribution in [2.24, 2.45) is 0 Å². The highest BCUT2D eigenvalue weighted by atomic mass is 32.1. The third-order valence-corrected chi connectivity index (χ3v) is 3.83. The second-order valence-corrected chi connectivity index (χ2v) is 7.34. The fraction of sp³-hybridized carbons (Fsp3) is 0.412. The van der Waals surface area contributed by atoms with E-state index in [4.69, 9.17) is 4.74 Å². The van der Waals surface area contributed by atoms with Gasteiger partial charge in [-0.15, -0.1) is 10.2 Å².